The van der Waals surface area contributed by atoms with Gasteiger partial charge >= 0.3 is 0 Å². The molecule has 13 heavy (non-hydrogen) atoms. The third kappa shape index (κ3) is 1.96. The molecule has 0 aliphatic heterocycles. The van der Waals surface area contributed by atoms with Crippen LogP contribution in [0.25, 0.3) is 0 Å². The van der Waals surface area contributed by atoms with Gasteiger partial charge < -0.3 is 0 Å². The first-order valence-corrected chi connectivity index (χ1v) is 4.91. The molecule has 0 heterocycles. The first-order valence-electron chi connectivity index (χ1n) is 3.83. The minimum Gasteiger partial charge on any atom is -0.298 e. The fraction of sp³-hybridized carbons (Fsp3) is 0.200. The summed E-state index contributed by atoms with van der Waals surface area (Å²) in [5.41, 5.74) is 1.91. The zero-order chi connectivity index (χ0) is 10.0. The van der Waals surface area contributed by atoms with E-state index >= 15 is 0 Å². The summed E-state index contributed by atoms with van der Waals surface area (Å²) in [6.45, 7) is 3.31. The average molecular weight is 288 g/mol. The van der Waals surface area contributed by atoms with Crippen LogP contribution >= 0.6 is 22.6 Å². The van der Waals surface area contributed by atoms with Crippen LogP contribution in [0.1, 0.15) is 33.2 Å². The van der Waals surface area contributed by atoms with Crippen molar-refractivity contribution in [1.82, 2.24) is 0 Å². The number of rotatable bonds is 2. The fourth-order valence-electron chi connectivity index (χ4n) is 1.29. The van der Waals surface area contributed by atoms with Gasteiger partial charge in [0.15, 0.2) is 12.1 Å². The van der Waals surface area contributed by atoms with E-state index in [0.717, 1.165) is 15.4 Å². The lowest BCUT2D eigenvalue weighted by Crippen LogP contribution is -2.04. The highest BCUT2D eigenvalue weighted by Gasteiger charge is 2.12. The minimum absolute atomic E-state index is 0.0573. The molecule has 0 spiro atoms. The van der Waals surface area contributed by atoms with Crippen molar-refractivity contribution >= 4 is 34.7 Å². The molecule has 0 aliphatic carbocycles. The molecule has 0 saturated carbocycles. The molecule has 0 bridgehead atoms. The molecule has 0 radical (unpaired) electrons. The van der Waals surface area contributed by atoms with Gasteiger partial charge in [0.2, 0.25) is 0 Å². The second-order valence-electron chi connectivity index (χ2n) is 2.83. The van der Waals surface area contributed by atoms with Crippen molar-refractivity contribution in [2.24, 2.45) is 0 Å². The normalized spacial score (nSPS) is 9.77. The maximum absolute atomic E-state index is 11.2. The molecular weight excluding hydrogens is 279 g/mol. The van der Waals surface area contributed by atoms with Crippen molar-refractivity contribution in [3.8, 4) is 0 Å². The van der Waals surface area contributed by atoms with Gasteiger partial charge in [0, 0.05) is 14.7 Å². The molecule has 2 nitrogen and oxygen atoms in total. The molecule has 1 aromatic carbocycles. The first-order chi connectivity index (χ1) is 6.07. The lowest BCUT2D eigenvalue weighted by Gasteiger charge is -2.06. The summed E-state index contributed by atoms with van der Waals surface area (Å²) in [4.78, 5) is 22.0. The van der Waals surface area contributed by atoms with Crippen molar-refractivity contribution in [3.63, 3.8) is 0 Å². The van der Waals surface area contributed by atoms with Crippen LogP contribution < -0.4 is 0 Å². The molecule has 0 fully saturated rings. The largest absolute Gasteiger partial charge is 0.298 e. The quantitative estimate of drug-likeness (QED) is 0.476. The van der Waals surface area contributed by atoms with Crippen LogP contribution in [-0.4, -0.2) is 12.1 Å². The molecule has 1 aromatic rings. The van der Waals surface area contributed by atoms with Crippen LogP contribution in [0.2, 0.25) is 0 Å². The number of hydrogen-bond donors (Lipinski definition) is 0. The van der Waals surface area contributed by atoms with Gasteiger partial charge in [-0.3, -0.25) is 9.59 Å². The number of ketones is 1. The molecule has 0 saturated heterocycles. The van der Waals surface area contributed by atoms with Crippen LogP contribution in [0.15, 0.2) is 12.1 Å². The SMILES string of the molecule is CC(=O)c1c(C)ccc(I)c1C=O. The zero-order valence-corrected chi connectivity index (χ0v) is 9.58. The Labute approximate surface area is 90.5 Å². The monoisotopic (exact) mass is 288 g/mol. The summed E-state index contributed by atoms with van der Waals surface area (Å²) in [7, 11) is 0. The molecule has 0 amide bonds. The molecule has 1 rings (SSSR count). The van der Waals surface area contributed by atoms with Crippen molar-refractivity contribution in [2.75, 3.05) is 0 Å². The Morgan fingerprint density at radius 2 is 2.08 bits per heavy atom. The number of Topliss-reactive ketones (excluding diaryl/α,β-unsaturated/α-hetero) is 1. The van der Waals surface area contributed by atoms with Crippen molar-refractivity contribution < 1.29 is 9.59 Å². The van der Waals surface area contributed by atoms with E-state index in [9.17, 15) is 9.59 Å². The smallest absolute Gasteiger partial charge is 0.160 e. The second kappa shape index (κ2) is 4.00. The second-order valence-corrected chi connectivity index (χ2v) is 3.99. The van der Waals surface area contributed by atoms with Crippen LogP contribution in [0.3, 0.4) is 0 Å². The van der Waals surface area contributed by atoms with E-state index < -0.39 is 0 Å². The summed E-state index contributed by atoms with van der Waals surface area (Å²) >= 11 is 2.05. The first kappa shape index (κ1) is 10.4. The highest BCUT2D eigenvalue weighted by Crippen LogP contribution is 2.19. The van der Waals surface area contributed by atoms with Gasteiger partial charge in [-0.05, 0) is 48.1 Å². The number of halogens is 1. The number of carbonyl (C=O) groups excluding carboxylic acids is 2. The van der Waals surface area contributed by atoms with Gasteiger partial charge in [-0.25, -0.2) is 0 Å². The predicted molar refractivity (Wildman–Crippen MR) is 59.3 cm³/mol. The summed E-state index contributed by atoms with van der Waals surface area (Å²) in [6.07, 6.45) is 0.742. The number of hydrogen-bond acceptors (Lipinski definition) is 2. The van der Waals surface area contributed by atoms with Gasteiger partial charge in [-0.15, -0.1) is 0 Å². The number of benzene rings is 1. The fourth-order valence-corrected chi connectivity index (χ4v) is 1.86. The van der Waals surface area contributed by atoms with E-state index in [1.165, 1.54) is 6.92 Å². The Balaban J connectivity index is 3.52. The Hall–Kier alpha value is -0.710. The minimum atomic E-state index is -0.0573. The van der Waals surface area contributed by atoms with E-state index in [1.54, 1.807) is 0 Å². The van der Waals surface area contributed by atoms with Gasteiger partial charge in [0.1, 0.15) is 0 Å². The van der Waals surface area contributed by atoms with Crippen LogP contribution in [0.5, 0.6) is 0 Å². The van der Waals surface area contributed by atoms with E-state index in [0.29, 0.717) is 11.1 Å². The maximum atomic E-state index is 11.2. The molecule has 0 unspecified atom stereocenters. The van der Waals surface area contributed by atoms with E-state index in [1.807, 2.05) is 19.1 Å². The molecular formula is C10H9IO2. The molecule has 0 aliphatic rings. The molecule has 0 aromatic heterocycles. The Kier molecular flexibility index (Phi) is 3.19. The van der Waals surface area contributed by atoms with Gasteiger partial charge in [-0.1, -0.05) is 6.07 Å². The zero-order valence-electron chi connectivity index (χ0n) is 7.43. The summed E-state index contributed by atoms with van der Waals surface area (Å²) in [6, 6.07) is 3.69. The van der Waals surface area contributed by atoms with Crippen LogP contribution in [-0.2, 0) is 0 Å². The van der Waals surface area contributed by atoms with Gasteiger partial charge in [-0.2, -0.15) is 0 Å². The lowest BCUT2D eigenvalue weighted by atomic mass is 10.00. The Morgan fingerprint density at radius 3 is 2.46 bits per heavy atom. The van der Waals surface area contributed by atoms with Crippen molar-refractivity contribution in [2.45, 2.75) is 13.8 Å². The highest BCUT2D eigenvalue weighted by molar-refractivity contribution is 14.1. The average Bonchev–Trinajstić information content (AvgIpc) is 2.07. The molecule has 0 N–H and O–H groups in total. The summed E-state index contributed by atoms with van der Waals surface area (Å²) in [5, 5.41) is 0. The third-order valence-corrected chi connectivity index (χ3v) is 2.81. The maximum Gasteiger partial charge on any atom is 0.160 e. The molecule has 0 atom stereocenters. The van der Waals surface area contributed by atoms with Gasteiger partial charge in [0.25, 0.3) is 0 Å². The molecule has 3 heteroatoms. The third-order valence-electron chi connectivity index (χ3n) is 1.87. The van der Waals surface area contributed by atoms with E-state index in [2.05, 4.69) is 22.6 Å². The van der Waals surface area contributed by atoms with E-state index in [4.69, 9.17) is 0 Å². The summed E-state index contributed by atoms with van der Waals surface area (Å²) in [5.74, 6) is -0.0573. The standard InChI is InChI=1S/C10H9IO2/c1-6-3-4-9(11)8(5-12)10(6)7(2)13/h3-5H,1-2H3. The topological polar surface area (TPSA) is 34.1 Å². The van der Waals surface area contributed by atoms with Gasteiger partial charge in [0.05, 0.1) is 0 Å². The summed E-state index contributed by atoms with van der Waals surface area (Å²) < 4.78 is 0.823. The van der Waals surface area contributed by atoms with Crippen LogP contribution in [0, 0.1) is 10.5 Å². The number of aldehydes is 1. The predicted octanol–water partition coefficient (Wildman–Crippen LogP) is 2.61. The van der Waals surface area contributed by atoms with Crippen molar-refractivity contribution in [1.29, 1.82) is 0 Å². The number of aryl methyl sites for hydroxylation is 1. The molecule has 68 valence electrons. The van der Waals surface area contributed by atoms with E-state index in [-0.39, 0.29) is 5.78 Å². The Bertz CT molecular complexity index is 369. The Morgan fingerprint density at radius 1 is 1.46 bits per heavy atom. The number of carbonyl (C=O) groups is 2. The lowest BCUT2D eigenvalue weighted by molar-refractivity contribution is 0.100. The highest BCUT2D eigenvalue weighted by atomic mass is 127. The van der Waals surface area contributed by atoms with Crippen LogP contribution in [0.4, 0.5) is 0 Å². The van der Waals surface area contributed by atoms with Crippen molar-refractivity contribution in [3.05, 3.63) is 32.4 Å².